The van der Waals surface area contributed by atoms with Crippen LogP contribution in [0.5, 0.6) is 0 Å². The van der Waals surface area contributed by atoms with Gasteiger partial charge in [0.2, 0.25) is 0 Å². The highest BCUT2D eigenvalue weighted by molar-refractivity contribution is 5.82. The number of likely N-dealkylation sites (tertiary alicyclic amines) is 1. The van der Waals surface area contributed by atoms with Crippen LogP contribution in [0.1, 0.15) is 30.6 Å². The van der Waals surface area contributed by atoms with Gasteiger partial charge in [0.25, 0.3) is 0 Å². The van der Waals surface area contributed by atoms with Crippen LogP contribution < -0.4 is 5.73 Å². The van der Waals surface area contributed by atoms with Crippen molar-refractivity contribution in [2.45, 2.75) is 38.4 Å². The Morgan fingerprint density at radius 1 is 1.26 bits per heavy atom. The molecular weight excluding hydrogens is 236 g/mol. The van der Waals surface area contributed by atoms with Crippen LogP contribution in [0.3, 0.4) is 0 Å². The van der Waals surface area contributed by atoms with Crippen LogP contribution in [0, 0.1) is 5.92 Å². The fourth-order valence-electron chi connectivity index (χ4n) is 3.91. The lowest BCUT2D eigenvalue weighted by atomic mass is 10.1. The largest absolute Gasteiger partial charge is 0.459 e. The molecule has 2 aromatic rings. The summed E-state index contributed by atoms with van der Waals surface area (Å²) < 4.78 is 5.89. The van der Waals surface area contributed by atoms with E-state index in [4.69, 9.17) is 10.2 Å². The van der Waals surface area contributed by atoms with Crippen LogP contribution >= 0.6 is 0 Å². The first-order valence-electron chi connectivity index (χ1n) is 7.28. The zero-order chi connectivity index (χ0) is 12.8. The molecular formula is C16H20N2O. The summed E-state index contributed by atoms with van der Waals surface area (Å²) in [7, 11) is 0. The van der Waals surface area contributed by atoms with Gasteiger partial charge < -0.3 is 10.2 Å². The molecule has 0 amide bonds. The van der Waals surface area contributed by atoms with E-state index in [1.54, 1.807) is 0 Å². The second-order valence-electron chi connectivity index (χ2n) is 5.97. The van der Waals surface area contributed by atoms with E-state index in [-0.39, 0.29) is 0 Å². The minimum atomic E-state index is 0.492. The minimum absolute atomic E-state index is 0.492. The van der Waals surface area contributed by atoms with Crippen molar-refractivity contribution in [1.82, 2.24) is 4.90 Å². The first kappa shape index (κ1) is 11.5. The smallest absolute Gasteiger partial charge is 0.134 e. The molecule has 2 aliphatic rings. The maximum absolute atomic E-state index is 5.89. The van der Waals surface area contributed by atoms with Gasteiger partial charge in [-0.05, 0) is 31.2 Å². The minimum Gasteiger partial charge on any atom is -0.459 e. The SMILES string of the molecule is NCc1oc2ccccc2c1CN1CC2CCC1C2. The Balaban J connectivity index is 1.70. The number of rotatable bonds is 3. The third-order valence-corrected chi connectivity index (χ3v) is 4.85. The molecule has 19 heavy (non-hydrogen) atoms. The topological polar surface area (TPSA) is 42.4 Å². The van der Waals surface area contributed by atoms with Crippen molar-refractivity contribution in [2.24, 2.45) is 11.7 Å². The summed E-state index contributed by atoms with van der Waals surface area (Å²) in [5.74, 6) is 1.90. The predicted molar refractivity (Wildman–Crippen MR) is 75.6 cm³/mol. The van der Waals surface area contributed by atoms with Crippen LogP contribution in [-0.2, 0) is 13.1 Å². The Morgan fingerprint density at radius 3 is 2.89 bits per heavy atom. The van der Waals surface area contributed by atoms with E-state index in [0.717, 1.165) is 29.8 Å². The zero-order valence-electron chi connectivity index (χ0n) is 11.1. The van der Waals surface area contributed by atoms with Gasteiger partial charge >= 0.3 is 0 Å². The summed E-state index contributed by atoms with van der Waals surface area (Å²) in [4.78, 5) is 2.63. The summed E-state index contributed by atoms with van der Waals surface area (Å²) in [5.41, 5.74) is 8.14. The molecule has 2 fully saturated rings. The molecule has 0 radical (unpaired) electrons. The molecule has 0 spiro atoms. The first-order valence-corrected chi connectivity index (χ1v) is 7.28. The normalized spacial score (nSPS) is 26.6. The molecule has 4 rings (SSSR count). The van der Waals surface area contributed by atoms with Crippen molar-refractivity contribution in [2.75, 3.05) is 6.54 Å². The lowest BCUT2D eigenvalue weighted by Crippen LogP contribution is -2.31. The molecule has 1 aromatic carbocycles. The number of para-hydroxylation sites is 1. The number of nitrogens with two attached hydrogens (primary N) is 1. The summed E-state index contributed by atoms with van der Waals surface area (Å²) >= 11 is 0. The standard InChI is InChI=1S/C16H20N2O/c17-8-16-14(13-3-1-2-4-15(13)19-16)10-18-9-11-5-6-12(18)7-11/h1-4,11-12H,5-10,17H2. The zero-order valence-corrected chi connectivity index (χ0v) is 11.1. The molecule has 100 valence electrons. The van der Waals surface area contributed by atoms with Crippen LogP contribution in [0.4, 0.5) is 0 Å². The maximum atomic E-state index is 5.89. The van der Waals surface area contributed by atoms with Gasteiger partial charge in [0.05, 0.1) is 6.54 Å². The number of fused-ring (bicyclic) bond motifs is 3. The number of piperidine rings is 1. The summed E-state index contributed by atoms with van der Waals surface area (Å²) in [6.45, 7) is 2.75. The van der Waals surface area contributed by atoms with E-state index >= 15 is 0 Å². The molecule has 2 bridgehead atoms. The van der Waals surface area contributed by atoms with Gasteiger partial charge in [-0.25, -0.2) is 0 Å². The molecule has 1 aliphatic carbocycles. The molecule has 2 unspecified atom stereocenters. The molecule has 2 heterocycles. The third-order valence-electron chi connectivity index (χ3n) is 4.85. The number of benzene rings is 1. The molecule has 3 nitrogen and oxygen atoms in total. The van der Waals surface area contributed by atoms with Gasteiger partial charge in [0.15, 0.2) is 0 Å². The highest BCUT2D eigenvalue weighted by atomic mass is 16.3. The van der Waals surface area contributed by atoms with Crippen LogP contribution in [0.2, 0.25) is 0 Å². The monoisotopic (exact) mass is 256 g/mol. The van der Waals surface area contributed by atoms with E-state index in [1.165, 1.54) is 36.8 Å². The van der Waals surface area contributed by atoms with E-state index < -0.39 is 0 Å². The van der Waals surface area contributed by atoms with Gasteiger partial charge in [-0.3, -0.25) is 4.90 Å². The first-order chi connectivity index (χ1) is 9.35. The second-order valence-corrected chi connectivity index (χ2v) is 5.97. The number of nitrogens with zero attached hydrogens (tertiary/aromatic N) is 1. The third kappa shape index (κ3) is 1.80. The predicted octanol–water partition coefficient (Wildman–Crippen LogP) is 2.88. The Kier molecular flexibility index (Phi) is 2.64. The molecule has 1 aliphatic heterocycles. The average molecular weight is 256 g/mol. The van der Waals surface area contributed by atoms with Crippen molar-refractivity contribution in [3.05, 3.63) is 35.6 Å². The van der Waals surface area contributed by atoms with Gasteiger partial charge in [-0.1, -0.05) is 18.2 Å². The summed E-state index contributed by atoms with van der Waals surface area (Å²) in [5, 5.41) is 1.24. The number of hydrogen-bond donors (Lipinski definition) is 1. The Labute approximate surface area is 113 Å². The molecule has 1 saturated heterocycles. The summed E-state index contributed by atoms with van der Waals surface area (Å²) in [6, 6.07) is 9.09. The van der Waals surface area contributed by atoms with Crippen molar-refractivity contribution < 1.29 is 4.42 Å². The van der Waals surface area contributed by atoms with Gasteiger partial charge in [0.1, 0.15) is 11.3 Å². The van der Waals surface area contributed by atoms with E-state index in [1.807, 2.05) is 12.1 Å². The van der Waals surface area contributed by atoms with Crippen molar-refractivity contribution in [3.63, 3.8) is 0 Å². The number of furan rings is 1. The average Bonchev–Trinajstić information content (AvgIpc) is 3.13. The van der Waals surface area contributed by atoms with Crippen molar-refractivity contribution in [3.8, 4) is 0 Å². The molecule has 3 heteroatoms. The van der Waals surface area contributed by atoms with Crippen molar-refractivity contribution >= 4 is 11.0 Å². The summed E-state index contributed by atoms with van der Waals surface area (Å²) in [6.07, 6.45) is 4.20. The second kappa shape index (κ2) is 4.36. The highest BCUT2D eigenvalue weighted by Gasteiger charge is 2.38. The Hall–Kier alpha value is -1.32. The fourth-order valence-corrected chi connectivity index (χ4v) is 3.91. The highest BCUT2D eigenvalue weighted by Crippen LogP contribution is 2.39. The molecule has 2 atom stereocenters. The van der Waals surface area contributed by atoms with Gasteiger partial charge in [-0.2, -0.15) is 0 Å². The van der Waals surface area contributed by atoms with Crippen LogP contribution in [-0.4, -0.2) is 17.5 Å². The maximum Gasteiger partial charge on any atom is 0.134 e. The number of hydrogen-bond acceptors (Lipinski definition) is 3. The molecule has 1 aromatic heterocycles. The molecule has 1 saturated carbocycles. The van der Waals surface area contributed by atoms with E-state index in [2.05, 4.69) is 17.0 Å². The van der Waals surface area contributed by atoms with E-state index in [9.17, 15) is 0 Å². The molecule has 2 N–H and O–H groups in total. The Morgan fingerprint density at radius 2 is 2.16 bits per heavy atom. The van der Waals surface area contributed by atoms with Crippen LogP contribution in [0.25, 0.3) is 11.0 Å². The fraction of sp³-hybridized carbons (Fsp3) is 0.500. The lowest BCUT2D eigenvalue weighted by Gasteiger charge is -2.26. The van der Waals surface area contributed by atoms with E-state index in [0.29, 0.717) is 6.54 Å². The Bertz CT molecular complexity index is 604. The van der Waals surface area contributed by atoms with Crippen molar-refractivity contribution in [1.29, 1.82) is 0 Å². The van der Waals surface area contributed by atoms with Crippen LogP contribution in [0.15, 0.2) is 28.7 Å². The quantitative estimate of drug-likeness (QED) is 0.918. The van der Waals surface area contributed by atoms with Gasteiger partial charge in [0, 0.05) is 30.1 Å². The lowest BCUT2D eigenvalue weighted by molar-refractivity contribution is 0.204. The van der Waals surface area contributed by atoms with Gasteiger partial charge in [-0.15, -0.1) is 0 Å².